The Kier molecular flexibility index (Phi) is 4.33. The average Bonchev–Trinajstić information content (AvgIpc) is 2.85. The van der Waals surface area contributed by atoms with Crippen molar-refractivity contribution in [2.45, 2.75) is 25.7 Å². The number of carbonyl (C=O) groups excluding carboxylic acids is 1. The van der Waals surface area contributed by atoms with Crippen molar-refractivity contribution in [3.05, 3.63) is 64.6 Å². The zero-order chi connectivity index (χ0) is 16.4. The lowest BCUT2D eigenvalue weighted by molar-refractivity contribution is 0.102. The molecule has 0 saturated heterocycles. The summed E-state index contributed by atoms with van der Waals surface area (Å²) in [6.45, 7) is 0. The van der Waals surface area contributed by atoms with E-state index in [-0.39, 0.29) is 5.78 Å². The lowest BCUT2D eigenvalue weighted by Gasteiger charge is -2.16. The third kappa shape index (κ3) is 3.21. The van der Waals surface area contributed by atoms with Gasteiger partial charge in [0.2, 0.25) is 0 Å². The van der Waals surface area contributed by atoms with Crippen molar-refractivity contribution in [2.75, 3.05) is 14.1 Å². The van der Waals surface area contributed by atoms with Gasteiger partial charge in [-0.1, -0.05) is 30.3 Å². The number of carbonyl (C=O) groups is 1. The second kappa shape index (κ2) is 6.41. The molecule has 0 atom stereocenters. The van der Waals surface area contributed by atoms with Gasteiger partial charge in [0.1, 0.15) is 0 Å². The van der Waals surface area contributed by atoms with E-state index >= 15 is 0 Å². The summed E-state index contributed by atoms with van der Waals surface area (Å²) in [6, 6.07) is 10.4. The van der Waals surface area contributed by atoms with Crippen LogP contribution in [0.4, 0.5) is 0 Å². The third-order valence-corrected chi connectivity index (χ3v) is 4.30. The van der Waals surface area contributed by atoms with Gasteiger partial charge in [0, 0.05) is 38.6 Å². The van der Waals surface area contributed by atoms with Crippen LogP contribution in [0.1, 0.15) is 33.7 Å². The first kappa shape index (κ1) is 15.5. The minimum Gasteiger partial charge on any atom is -0.383 e. The monoisotopic (exact) mass is 309 g/mol. The lowest BCUT2D eigenvalue weighted by atomic mass is 9.89. The zero-order valence-electron chi connectivity index (χ0n) is 14.0. The fourth-order valence-electron chi connectivity index (χ4n) is 3.21. The molecule has 0 radical (unpaired) electrons. The van der Waals surface area contributed by atoms with Crippen LogP contribution in [0.15, 0.2) is 42.1 Å². The Morgan fingerprint density at radius 3 is 2.61 bits per heavy atom. The topological polar surface area (TPSA) is 38.1 Å². The van der Waals surface area contributed by atoms with Crippen LogP contribution in [0, 0.1) is 0 Å². The van der Waals surface area contributed by atoms with Gasteiger partial charge in [0.15, 0.2) is 5.78 Å². The van der Waals surface area contributed by atoms with Crippen molar-refractivity contribution in [3.8, 4) is 0 Å². The lowest BCUT2D eigenvalue weighted by Crippen LogP contribution is -2.17. The summed E-state index contributed by atoms with van der Waals surface area (Å²) in [5, 5.41) is 4.58. The minimum absolute atomic E-state index is 0.149. The molecular weight excluding hydrogens is 286 g/mol. The highest BCUT2D eigenvalue weighted by molar-refractivity contribution is 6.11. The van der Waals surface area contributed by atoms with Gasteiger partial charge >= 0.3 is 0 Å². The highest BCUT2D eigenvalue weighted by Crippen LogP contribution is 2.28. The Labute approximate surface area is 137 Å². The molecule has 0 amide bonds. The molecule has 0 saturated carbocycles. The van der Waals surface area contributed by atoms with Crippen LogP contribution < -0.4 is 0 Å². The van der Waals surface area contributed by atoms with Crippen molar-refractivity contribution in [2.24, 2.45) is 7.05 Å². The summed E-state index contributed by atoms with van der Waals surface area (Å²) in [5.74, 6) is 0.149. The van der Waals surface area contributed by atoms with Gasteiger partial charge in [-0.2, -0.15) is 5.10 Å². The molecule has 1 aliphatic rings. The molecule has 0 unspecified atom stereocenters. The highest BCUT2D eigenvalue weighted by atomic mass is 16.1. The first-order valence-electron chi connectivity index (χ1n) is 8.06. The Morgan fingerprint density at radius 1 is 1.17 bits per heavy atom. The minimum atomic E-state index is 0.149. The molecule has 1 aliphatic carbocycles. The van der Waals surface area contributed by atoms with Gasteiger partial charge in [-0.25, -0.2) is 0 Å². The molecule has 4 nitrogen and oxygen atoms in total. The van der Waals surface area contributed by atoms with E-state index in [0.717, 1.165) is 48.2 Å². The molecule has 0 fully saturated rings. The van der Waals surface area contributed by atoms with Gasteiger partial charge in [-0.3, -0.25) is 9.48 Å². The van der Waals surface area contributed by atoms with Gasteiger partial charge < -0.3 is 4.90 Å². The predicted molar refractivity (Wildman–Crippen MR) is 91.5 cm³/mol. The maximum Gasteiger partial charge on any atom is 0.194 e. The maximum absolute atomic E-state index is 12.8. The van der Waals surface area contributed by atoms with Crippen LogP contribution >= 0.6 is 0 Å². The van der Waals surface area contributed by atoms with Crippen LogP contribution in [0.3, 0.4) is 0 Å². The van der Waals surface area contributed by atoms with Crippen LogP contribution in [0.25, 0.3) is 0 Å². The molecule has 0 spiro atoms. The predicted octanol–water partition coefficient (Wildman–Crippen LogP) is 2.78. The number of benzene rings is 1. The van der Waals surface area contributed by atoms with E-state index in [2.05, 4.69) is 29.4 Å². The Hall–Kier alpha value is -2.36. The number of hydrogen-bond donors (Lipinski definition) is 0. The van der Waals surface area contributed by atoms with E-state index in [1.165, 1.54) is 5.56 Å². The number of allylic oxidation sites excluding steroid dienone is 1. The third-order valence-electron chi connectivity index (χ3n) is 4.30. The molecule has 23 heavy (non-hydrogen) atoms. The van der Waals surface area contributed by atoms with Crippen molar-refractivity contribution in [1.82, 2.24) is 14.7 Å². The summed E-state index contributed by atoms with van der Waals surface area (Å²) in [7, 11) is 5.85. The Balaban J connectivity index is 1.88. The standard InChI is InChI=1S/C19H23N3O/c1-21(2)13-15-10-11-16-18(19(15)23)17(22(3)20-16)12-9-14-7-5-4-6-8-14/h4-8,13H,9-12H2,1-3H3/b15-13+. The van der Waals surface area contributed by atoms with E-state index in [1.54, 1.807) is 0 Å². The van der Waals surface area contributed by atoms with Crippen molar-refractivity contribution in [3.63, 3.8) is 0 Å². The van der Waals surface area contributed by atoms with Crippen molar-refractivity contribution in [1.29, 1.82) is 0 Å². The molecule has 1 aromatic heterocycles. The van der Waals surface area contributed by atoms with E-state index < -0.39 is 0 Å². The summed E-state index contributed by atoms with van der Waals surface area (Å²) in [4.78, 5) is 14.8. The van der Waals surface area contributed by atoms with Crippen LogP contribution in [0.2, 0.25) is 0 Å². The van der Waals surface area contributed by atoms with E-state index in [0.29, 0.717) is 0 Å². The molecule has 0 bridgehead atoms. The second-order valence-electron chi connectivity index (χ2n) is 6.32. The van der Waals surface area contributed by atoms with E-state index in [9.17, 15) is 4.79 Å². The van der Waals surface area contributed by atoms with Gasteiger partial charge in [0.05, 0.1) is 11.3 Å². The summed E-state index contributed by atoms with van der Waals surface area (Å²) < 4.78 is 1.89. The van der Waals surface area contributed by atoms with Crippen molar-refractivity contribution >= 4 is 5.78 Å². The molecule has 2 aromatic rings. The molecule has 120 valence electrons. The number of Topliss-reactive ketones (excluding diaryl/α,β-unsaturated/α-hetero) is 1. The molecular formula is C19H23N3O. The average molecular weight is 309 g/mol. The fraction of sp³-hybridized carbons (Fsp3) is 0.368. The molecule has 1 aromatic carbocycles. The molecule has 4 heteroatoms. The zero-order valence-corrected chi connectivity index (χ0v) is 14.0. The van der Waals surface area contributed by atoms with Gasteiger partial charge in [-0.05, 0) is 31.2 Å². The molecule has 0 N–H and O–H groups in total. The van der Waals surface area contributed by atoms with E-state index in [4.69, 9.17) is 0 Å². The quantitative estimate of drug-likeness (QED) is 0.815. The van der Waals surface area contributed by atoms with Crippen LogP contribution in [-0.4, -0.2) is 34.6 Å². The van der Waals surface area contributed by atoms with Gasteiger partial charge in [0.25, 0.3) is 0 Å². The number of hydrogen-bond acceptors (Lipinski definition) is 3. The summed E-state index contributed by atoms with van der Waals surface area (Å²) in [6.07, 6.45) is 5.33. The maximum atomic E-state index is 12.8. The highest BCUT2D eigenvalue weighted by Gasteiger charge is 2.29. The number of fused-ring (bicyclic) bond motifs is 1. The van der Waals surface area contributed by atoms with Gasteiger partial charge in [-0.15, -0.1) is 0 Å². The number of nitrogens with zero attached hydrogens (tertiary/aromatic N) is 3. The number of aryl methyl sites for hydroxylation is 3. The van der Waals surface area contributed by atoms with Crippen LogP contribution in [0.5, 0.6) is 0 Å². The SMILES string of the molecule is CN(C)/C=C1\CCc2nn(C)c(CCc3ccccc3)c2C1=O. The second-order valence-corrected chi connectivity index (χ2v) is 6.32. The number of ketones is 1. The number of rotatable bonds is 4. The van der Waals surface area contributed by atoms with E-state index in [1.807, 2.05) is 43.0 Å². The molecule has 0 aliphatic heterocycles. The Morgan fingerprint density at radius 2 is 1.91 bits per heavy atom. The Bertz CT molecular complexity index is 741. The fourth-order valence-corrected chi connectivity index (χ4v) is 3.21. The number of aromatic nitrogens is 2. The van der Waals surface area contributed by atoms with Crippen LogP contribution in [-0.2, 0) is 26.3 Å². The summed E-state index contributed by atoms with van der Waals surface area (Å²) >= 11 is 0. The first-order valence-corrected chi connectivity index (χ1v) is 8.06. The first-order chi connectivity index (χ1) is 11.1. The molecule has 1 heterocycles. The smallest absolute Gasteiger partial charge is 0.194 e. The summed E-state index contributed by atoms with van der Waals surface area (Å²) in [5.41, 5.74) is 5.02. The van der Waals surface area contributed by atoms with Crippen molar-refractivity contribution < 1.29 is 4.79 Å². The largest absolute Gasteiger partial charge is 0.383 e. The normalized spacial score (nSPS) is 15.8. The molecule has 3 rings (SSSR count).